The van der Waals surface area contributed by atoms with E-state index in [0.717, 1.165) is 6.42 Å². The first kappa shape index (κ1) is 10.7. The Bertz CT molecular complexity index is 319. The largest absolute Gasteiger partial charge is 0.299 e. The zero-order valence-corrected chi connectivity index (χ0v) is 9.87. The highest BCUT2D eigenvalue weighted by molar-refractivity contribution is 5.26. The molecule has 0 spiro atoms. The molecule has 1 atom stereocenters. The van der Waals surface area contributed by atoms with E-state index in [1.54, 1.807) is 0 Å². The van der Waals surface area contributed by atoms with E-state index in [1.165, 1.54) is 36.9 Å². The fraction of sp³-hybridized carbons (Fsp3) is 0.571. The molecule has 1 aromatic carbocycles. The molecule has 1 aliphatic rings. The minimum absolute atomic E-state index is 0.658. The summed E-state index contributed by atoms with van der Waals surface area (Å²) in [5.74, 6) is 0. The summed E-state index contributed by atoms with van der Waals surface area (Å²) in [6.07, 6.45) is 5.21. The van der Waals surface area contributed by atoms with E-state index in [2.05, 4.69) is 43.1 Å². The first-order valence-electron chi connectivity index (χ1n) is 6.10. The maximum absolute atomic E-state index is 2.50. The highest BCUT2D eigenvalue weighted by Gasteiger charge is 2.20. The third-order valence-electron chi connectivity index (χ3n) is 3.51. The molecule has 0 saturated carbocycles. The summed E-state index contributed by atoms with van der Waals surface area (Å²) in [4.78, 5) is 2.50. The number of likely N-dealkylation sites (tertiary alicyclic amines) is 1. The van der Waals surface area contributed by atoms with Crippen molar-refractivity contribution >= 4 is 0 Å². The van der Waals surface area contributed by atoms with Crippen LogP contribution in [0.1, 0.15) is 43.4 Å². The van der Waals surface area contributed by atoms with Crippen LogP contribution >= 0.6 is 0 Å². The third kappa shape index (κ3) is 2.40. The number of aryl methyl sites for hydroxylation is 1. The van der Waals surface area contributed by atoms with Gasteiger partial charge < -0.3 is 0 Å². The smallest absolute Gasteiger partial charge is 0.0345 e. The van der Waals surface area contributed by atoms with Gasteiger partial charge in [-0.15, -0.1) is 0 Å². The number of benzene rings is 1. The Hall–Kier alpha value is -0.820. The van der Waals surface area contributed by atoms with Crippen LogP contribution in [0.2, 0.25) is 0 Å². The third-order valence-corrected chi connectivity index (χ3v) is 3.51. The van der Waals surface area contributed by atoms with Crippen LogP contribution in [0.15, 0.2) is 24.3 Å². The van der Waals surface area contributed by atoms with Gasteiger partial charge in [-0.2, -0.15) is 0 Å². The molecule has 15 heavy (non-hydrogen) atoms. The highest BCUT2D eigenvalue weighted by atomic mass is 15.1. The molecule has 1 heteroatoms. The van der Waals surface area contributed by atoms with Crippen LogP contribution in [0.3, 0.4) is 0 Å². The van der Waals surface area contributed by atoms with Crippen molar-refractivity contribution < 1.29 is 0 Å². The van der Waals surface area contributed by atoms with Crippen LogP contribution in [0.4, 0.5) is 0 Å². The quantitative estimate of drug-likeness (QED) is 0.712. The standard InChI is InChI=1S/C14H21N/c1-3-12-7-6-8-13(11-12)14-9-4-5-10-15(14)2/h6-8,11,14H,3-5,9-10H2,1-2H3. The van der Waals surface area contributed by atoms with Crippen molar-refractivity contribution in [3.05, 3.63) is 35.4 Å². The zero-order valence-electron chi connectivity index (χ0n) is 9.87. The summed E-state index contributed by atoms with van der Waals surface area (Å²) in [5, 5.41) is 0. The Morgan fingerprint density at radius 3 is 2.93 bits per heavy atom. The monoisotopic (exact) mass is 203 g/mol. The van der Waals surface area contributed by atoms with Gasteiger partial charge in [-0.25, -0.2) is 0 Å². The van der Waals surface area contributed by atoms with Gasteiger partial charge >= 0.3 is 0 Å². The van der Waals surface area contributed by atoms with Gasteiger partial charge in [0, 0.05) is 6.04 Å². The lowest BCUT2D eigenvalue weighted by atomic mass is 9.94. The lowest BCUT2D eigenvalue weighted by Gasteiger charge is -2.33. The fourth-order valence-corrected chi connectivity index (χ4v) is 2.52. The van der Waals surface area contributed by atoms with Crippen LogP contribution in [0, 0.1) is 0 Å². The number of hydrogen-bond donors (Lipinski definition) is 0. The molecule has 0 aliphatic carbocycles. The van der Waals surface area contributed by atoms with Gasteiger partial charge in [-0.05, 0) is 44.0 Å². The predicted molar refractivity (Wildman–Crippen MR) is 65.0 cm³/mol. The normalized spacial score (nSPS) is 22.9. The molecular weight excluding hydrogens is 182 g/mol. The maximum atomic E-state index is 2.50. The van der Waals surface area contributed by atoms with Crippen molar-refractivity contribution in [1.82, 2.24) is 4.90 Å². The molecule has 1 aliphatic heterocycles. The second-order valence-electron chi connectivity index (χ2n) is 4.59. The van der Waals surface area contributed by atoms with Gasteiger partial charge in [-0.1, -0.05) is 37.6 Å². The number of hydrogen-bond acceptors (Lipinski definition) is 1. The summed E-state index contributed by atoms with van der Waals surface area (Å²) >= 11 is 0. The molecular formula is C14H21N. The highest BCUT2D eigenvalue weighted by Crippen LogP contribution is 2.29. The first-order valence-corrected chi connectivity index (χ1v) is 6.10. The van der Waals surface area contributed by atoms with Crippen molar-refractivity contribution in [1.29, 1.82) is 0 Å². The summed E-state index contributed by atoms with van der Waals surface area (Å²) < 4.78 is 0. The SMILES string of the molecule is CCc1cccc(C2CCCCN2C)c1. The Morgan fingerprint density at radius 2 is 2.20 bits per heavy atom. The molecule has 0 aromatic heterocycles. The van der Waals surface area contributed by atoms with Crippen LogP contribution in [0.25, 0.3) is 0 Å². The predicted octanol–water partition coefficient (Wildman–Crippen LogP) is 3.41. The molecule has 0 bridgehead atoms. The molecule has 1 aromatic rings. The van der Waals surface area contributed by atoms with Gasteiger partial charge in [0.05, 0.1) is 0 Å². The fourth-order valence-electron chi connectivity index (χ4n) is 2.52. The molecule has 1 heterocycles. The van der Waals surface area contributed by atoms with Gasteiger partial charge in [-0.3, -0.25) is 4.90 Å². The Labute approximate surface area is 93.1 Å². The van der Waals surface area contributed by atoms with Gasteiger partial charge in [0.15, 0.2) is 0 Å². The van der Waals surface area contributed by atoms with Crippen molar-refractivity contribution in [2.45, 2.75) is 38.6 Å². The van der Waals surface area contributed by atoms with Crippen molar-refractivity contribution in [2.75, 3.05) is 13.6 Å². The molecule has 1 fully saturated rings. The molecule has 82 valence electrons. The van der Waals surface area contributed by atoms with Crippen molar-refractivity contribution in [3.63, 3.8) is 0 Å². The van der Waals surface area contributed by atoms with E-state index in [0.29, 0.717) is 6.04 Å². The van der Waals surface area contributed by atoms with Crippen LogP contribution in [-0.2, 0) is 6.42 Å². The zero-order chi connectivity index (χ0) is 10.7. The van der Waals surface area contributed by atoms with Crippen molar-refractivity contribution in [2.24, 2.45) is 0 Å². The van der Waals surface area contributed by atoms with Crippen molar-refractivity contribution in [3.8, 4) is 0 Å². The lowest BCUT2D eigenvalue weighted by molar-refractivity contribution is 0.187. The van der Waals surface area contributed by atoms with E-state index in [9.17, 15) is 0 Å². The van der Waals surface area contributed by atoms with Gasteiger partial charge in [0.1, 0.15) is 0 Å². The minimum atomic E-state index is 0.658. The second kappa shape index (κ2) is 4.80. The summed E-state index contributed by atoms with van der Waals surface area (Å²) in [7, 11) is 2.25. The molecule has 1 nitrogen and oxygen atoms in total. The first-order chi connectivity index (χ1) is 7.31. The molecule has 1 saturated heterocycles. The Morgan fingerprint density at radius 1 is 1.33 bits per heavy atom. The topological polar surface area (TPSA) is 3.24 Å². The van der Waals surface area contributed by atoms with E-state index < -0.39 is 0 Å². The molecule has 0 N–H and O–H groups in total. The van der Waals surface area contributed by atoms with E-state index >= 15 is 0 Å². The van der Waals surface area contributed by atoms with Crippen LogP contribution < -0.4 is 0 Å². The minimum Gasteiger partial charge on any atom is -0.299 e. The van der Waals surface area contributed by atoms with Gasteiger partial charge in [0.25, 0.3) is 0 Å². The molecule has 2 rings (SSSR count). The van der Waals surface area contributed by atoms with Gasteiger partial charge in [0.2, 0.25) is 0 Å². The van der Waals surface area contributed by atoms with Crippen LogP contribution in [-0.4, -0.2) is 18.5 Å². The summed E-state index contributed by atoms with van der Waals surface area (Å²) in [6.45, 7) is 3.48. The molecule has 0 radical (unpaired) electrons. The number of rotatable bonds is 2. The second-order valence-corrected chi connectivity index (χ2v) is 4.59. The lowest BCUT2D eigenvalue weighted by Crippen LogP contribution is -2.29. The van der Waals surface area contributed by atoms with E-state index in [1.807, 2.05) is 0 Å². The maximum Gasteiger partial charge on any atom is 0.0345 e. The van der Waals surface area contributed by atoms with E-state index in [4.69, 9.17) is 0 Å². The molecule has 0 amide bonds. The average Bonchev–Trinajstić information content (AvgIpc) is 2.30. The summed E-state index contributed by atoms with van der Waals surface area (Å²) in [5.41, 5.74) is 2.98. The number of nitrogens with zero attached hydrogens (tertiary/aromatic N) is 1. The average molecular weight is 203 g/mol. The number of piperidine rings is 1. The molecule has 1 unspecified atom stereocenters. The van der Waals surface area contributed by atoms with Crippen LogP contribution in [0.5, 0.6) is 0 Å². The van der Waals surface area contributed by atoms with E-state index in [-0.39, 0.29) is 0 Å². The summed E-state index contributed by atoms with van der Waals surface area (Å²) in [6, 6.07) is 9.76. The Balaban J connectivity index is 2.19. The Kier molecular flexibility index (Phi) is 3.42.